The lowest BCUT2D eigenvalue weighted by Gasteiger charge is -2.22. The van der Waals surface area contributed by atoms with Gasteiger partial charge in [0.05, 0.1) is 6.04 Å². The second-order valence-corrected chi connectivity index (χ2v) is 6.14. The van der Waals surface area contributed by atoms with Gasteiger partial charge in [0.2, 0.25) is 5.91 Å². The molecule has 1 amide bonds. The molecule has 2 N–H and O–H groups in total. The number of piperidine rings is 1. The van der Waals surface area contributed by atoms with E-state index in [2.05, 4.69) is 10.6 Å². The van der Waals surface area contributed by atoms with Crippen molar-refractivity contribution in [1.29, 1.82) is 0 Å². The molecular weight excluding hydrogens is 300 g/mol. The van der Waals surface area contributed by atoms with Crippen molar-refractivity contribution < 1.29 is 9.53 Å². The van der Waals surface area contributed by atoms with E-state index in [9.17, 15) is 4.79 Å². The van der Waals surface area contributed by atoms with Gasteiger partial charge >= 0.3 is 0 Å². The number of amides is 1. The monoisotopic (exact) mass is 324 g/mol. The molecule has 1 fully saturated rings. The molecule has 0 bridgehead atoms. The molecule has 1 heterocycles. The van der Waals surface area contributed by atoms with Crippen molar-refractivity contribution in [2.45, 2.75) is 38.5 Å². The lowest BCUT2D eigenvalue weighted by atomic mass is 10.0. The highest BCUT2D eigenvalue weighted by Gasteiger charge is 2.19. The largest absolute Gasteiger partial charge is 0.489 e. The van der Waals surface area contributed by atoms with E-state index in [1.165, 1.54) is 0 Å². The number of carbonyl (C=O) groups excluding carboxylic acids is 1. The number of carbonyl (C=O) groups is 1. The van der Waals surface area contributed by atoms with Crippen LogP contribution in [-0.4, -0.2) is 18.5 Å². The van der Waals surface area contributed by atoms with Crippen LogP contribution in [0.4, 0.5) is 0 Å². The quantitative estimate of drug-likeness (QED) is 0.859. The third-order valence-electron chi connectivity index (χ3n) is 4.27. The topological polar surface area (TPSA) is 50.4 Å². The Balaban J connectivity index is 1.45. The Hall–Kier alpha value is -2.33. The maximum Gasteiger partial charge on any atom is 0.237 e. The highest BCUT2D eigenvalue weighted by Crippen LogP contribution is 2.14. The number of benzene rings is 2. The first kappa shape index (κ1) is 16.5. The first-order chi connectivity index (χ1) is 11.8. The lowest BCUT2D eigenvalue weighted by molar-refractivity contribution is -0.123. The van der Waals surface area contributed by atoms with E-state index in [1.807, 2.05) is 54.6 Å². The van der Waals surface area contributed by atoms with Gasteiger partial charge in [-0.3, -0.25) is 4.79 Å². The molecule has 4 nitrogen and oxygen atoms in total. The normalized spacial score (nSPS) is 17.2. The minimum Gasteiger partial charge on any atom is -0.489 e. The summed E-state index contributed by atoms with van der Waals surface area (Å²) in [5.41, 5.74) is 2.22. The van der Waals surface area contributed by atoms with Gasteiger partial charge in [-0.2, -0.15) is 0 Å². The fourth-order valence-electron chi connectivity index (χ4n) is 2.83. The van der Waals surface area contributed by atoms with Crippen molar-refractivity contribution in [2.75, 3.05) is 6.54 Å². The summed E-state index contributed by atoms with van der Waals surface area (Å²) in [5.74, 6) is 0.932. The predicted octanol–water partition coefficient (Wildman–Crippen LogP) is 3.02. The second-order valence-electron chi connectivity index (χ2n) is 6.14. The predicted molar refractivity (Wildman–Crippen MR) is 94.7 cm³/mol. The molecule has 0 aliphatic carbocycles. The molecule has 3 rings (SSSR count). The lowest BCUT2D eigenvalue weighted by Crippen LogP contribution is -2.46. The van der Waals surface area contributed by atoms with Crippen LogP contribution in [0.25, 0.3) is 0 Å². The van der Waals surface area contributed by atoms with Crippen molar-refractivity contribution in [3.63, 3.8) is 0 Å². The number of rotatable bonds is 6. The van der Waals surface area contributed by atoms with Crippen molar-refractivity contribution in [3.8, 4) is 5.75 Å². The van der Waals surface area contributed by atoms with Gasteiger partial charge in [-0.25, -0.2) is 0 Å². The van der Waals surface area contributed by atoms with Gasteiger partial charge in [-0.1, -0.05) is 48.9 Å². The number of hydrogen-bond acceptors (Lipinski definition) is 3. The molecule has 0 radical (unpaired) electrons. The summed E-state index contributed by atoms with van der Waals surface area (Å²) in [7, 11) is 0. The van der Waals surface area contributed by atoms with Gasteiger partial charge in [-0.15, -0.1) is 0 Å². The molecule has 2 aromatic rings. The molecule has 2 aromatic carbocycles. The van der Waals surface area contributed by atoms with Gasteiger partial charge in [0.25, 0.3) is 0 Å². The van der Waals surface area contributed by atoms with E-state index >= 15 is 0 Å². The third-order valence-corrected chi connectivity index (χ3v) is 4.27. The van der Waals surface area contributed by atoms with Crippen molar-refractivity contribution in [3.05, 3.63) is 65.7 Å². The van der Waals surface area contributed by atoms with Crippen LogP contribution in [0.2, 0.25) is 0 Å². The minimum atomic E-state index is -0.0350. The Bertz CT molecular complexity index is 634. The van der Waals surface area contributed by atoms with Crippen LogP contribution in [-0.2, 0) is 17.9 Å². The van der Waals surface area contributed by atoms with Crippen molar-refractivity contribution >= 4 is 5.91 Å². The van der Waals surface area contributed by atoms with Crippen LogP contribution in [0.5, 0.6) is 5.75 Å². The van der Waals surface area contributed by atoms with Gasteiger partial charge in [0.15, 0.2) is 0 Å². The average Bonchev–Trinajstić information content (AvgIpc) is 2.67. The minimum absolute atomic E-state index is 0.0350. The first-order valence-electron chi connectivity index (χ1n) is 8.58. The first-order valence-corrected chi connectivity index (χ1v) is 8.58. The standard InChI is InChI=1S/C20H24N2O2/c23-20(19-8-4-5-13-21-19)22-14-16-9-11-18(12-10-16)24-15-17-6-2-1-3-7-17/h1-3,6-7,9-12,19,21H,4-5,8,13-15H2,(H,22,23)/t19-/m0/s1. The van der Waals surface area contributed by atoms with E-state index in [0.717, 1.165) is 42.7 Å². The molecule has 1 saturated heterocycles. The van der Waals surface area contributed by atoms with Gasteiger partial charge < -0.3 is 15.4 Å². The van der Waals surface area contributed by atoms with Crippen LogP contribution in [0, 0.1) is 0 Å². The highest BCUT2D eigenvalue weighted by molar-refractivity contribution is 5.81. The van der Waals surface area contributed by atoms with E-state index in [4.69, 9.17) is 4.74 Å². The Morgan fingerprint density at radius 1 is 1.04 bits per heavy atom. The molecule has 0 saturated carbocycles. The van der Waals surface area contributed by atoms with Crippen LogP contribution < -0.4 is 15.4 Å². The zero-order valence-corrected chi connectivity index (χ0v) is 13.8. The van der Waals surface area contributed by atoms with Crippen LogP contribution in [0.3, 0.4) is 0 Å². The van der Waals surface area contributed by atoms with Crippen LogP contribution >= 0.6 is 0 Å². The zero-order chi connectivity index (χ0) is 16.6. The molecule has 1 aliphatic heterocycles. The smallest absolute Gasteiger partial charge is 0.237 e. The fraction of sp³-hybridized carbons (Fsp3) is 0.350. The second kappa shape index (κ2) is 8.50. The van der Waals surface area contributed by atoms with Crippen molar-refractivity contribution in [2.24, 2.45) is 0 Å². The van der Waals surface area contributed by atoms with Gasteiger partial charge in [0, 0.05) is 6.54 Å². The molecule has 4 heteroatoms. The molecule has 24 heavy (non-hydrogen) atoms. The number of hydrogen-bond donors (Lipinski definition) is 2. The maximum absolute atomic E-state index is 12.1. The van der Waals surface area contributed by atoms with Crippen molar-refractivity contribution in [1.82, 2.24) is 10.6 Å². The summed E-state index contributed by atoms with van der Waals surface area (Å²) >= 11 is 0. The number of nitrogens with one attached hydrogen (secondary N) is 2. The zero-order valence-electron chi connectivity index (χ0n) is 13.8. The third kappa shape index (κ3) is 4.83. The molecular formula is C20H24N2O2. The molecule has 0 spiro atoms. The molecule has 0 aromatic heterocycles. The maximum atomic E-state index is 12.1. The Labute approximate surface area is 143 Å². The molecule has 1 atom stereocenters. The summed E-state index contributed by atoms with van der Waals surface area (Å²) in [6.45, 7) is 2.05. The van der Waals surface area contributed by atoms with E-state index in [0.29, 0.717) is 13.2 Å². The Kier molecular flexibility index (Phi) is 5.85. The van der Waals surface area contributed by atoms with Crippen LogP contribution in [0.15, 0.2) is 54.6 Å². The molecule has 0 unspecified atom stereocenters. The van der Waals surface area contributed by atoms with E-state index in [1.54, 1.807) is 0 Å². The summed E-state index contributed by atoms with van der Waals surface area (Å²) in [5, 5.41) is 6.27. The molecule has 1 aliphatic rings. The summed E-state index contributed by atoms with van der Waals surface area (Å²) in [4.78, 5) is 12.1. The SMILES string of the molecule is O=C(NCc1ccc(OCc2ccccc2)cc1)[C@@H]1CCCCN1. The Morgan fingerprint density at radius 3 is 2.54 bits per heavy atom. The summed E-state index contributed by atoms with van der Waals surface area (Å²) in [6.07, 6.45) is 3.21. The van der Waals surface area contributed by atoms with Gasteiger partial charge in [-0.05, 0) is 42.6 Å². The number of ether oxygens (including phenoxy) is 1. The fourth-order valence-corrected chi connectivity index (χ4v) is 2.83. The Morgan fingerprint density at radius 2 is 1.83 bits per heavy atom. The van der Waals surface area contributed by atoms with Gasteiger partial charge in [0.1, 0.15) is 12.4 Å². The van der Waals surface area contributed by atoms with E-state index < -0.39 is 0 Å². The highest BCUT2D eigenvalue weighted by atomic mass is 16.5. The average molecular weight is 324 g/mol. The van der Waals surface area contributed by atoms with Crippen LogP contribution in [0.1, 0.15) is 30.4 Å². The molecule has 126 valence electrons. The summed E-state index contributed by atoms with van der Waals surface area (Å²) < 4.78 is 5.77. The summed E-state index contributed by atoms with van der Waals surface area (Å²) in [6, 6.07) is 17.9. The van der Waals surface area contributed by atoms with E-state index in [-0.39, 0.29) is 11.9 Å².